The van der Waals surface area contributed by atoms with E-state index >= 15 is 0 Å². The van der Waals surface area contributed by atoms with Crippen LogP contribution in [0, 0.1) is 10.8 Å². The lowest BCUT2D eigenvalue weighted by Gasteiger charge is -2.29. The molecule has 1 saturated heterocycles. The van der Waals surface area contributed by atoms with Crippen LogP contribution in [0.1, 0.15) is 82.1 Å². The number of benzene rings is 3. The van der Waals surface area contributed by atoms with Crippen LogP contribution in [0.3, 0.4) is 0 Å². The normalized spacial score (nSPS) is 14.6. The Bertz CT molecular complexity index is 2190. The van der Waals surface area contributed by atoms with Gasteiger partial charge < -0.3 is 35.7 Å². The van der Waals surface area contributed by atoms with Crippen LogP contribution < -0.4 is 26.2 Å². The molecule has 0 bridgehead atoms. The number of rotatable bonds is 20. The van der Waals surface area contributed by atoms with E-state index in [0.29, 0.717) is 23.7 Å². The van der Waals surface area contributed by atoms with Gasteiger partial charge in [0.05, 0.1) is 38.5 Å². The molecule has 2 heterocycles. The Morgan fingerprint density at radius 2 is 1.27 bits per heavy atom. The molecule has 5 rings (SSSR count). The Morgan fingerprint density at radius 1 is 0.667 bits per heavy atom. The summed E-state index contributed by atoms with van der Waals surface area (Å²) in [5.74, 6) is -4.55. The molecule has 334 valence electrons. The van der Waals surface area contributed by atoms with E-state index in [2.05, 4.69) is 27.3 Å². The van der Waals surface area contributed by atoms with E-state index in [0.717, 1.165) is 22.4 Å². The molecule has 0 unspecified atom stereocenters. The molecule has 3 aromatic carbocycles. The van der Waals surface area contributed by atoms with E-state index in [1.807, 2.05) is 82.3 Å². The molecule has 16 heteroatoms. The average Bonchev–Trinajstić information content (AvgIpc) is 3.56. The largest absolute Gasteiger partial charge is 0.380 e. The fourth-order valence-electron chi connectivity index (χ4n) is 6.88. The zero-order chi connectivity index (χ0) is 45.6. The summed E-state index contributed by atoms with van der Waals surface area (Å²) in [6, 6.07) is 23.1. The maximum atomic E-state index is 13.5. The zero-order valence-electron chi connectivity index (χ0n) is 36.2. The molecule has 2 aliphatic heterocycles. The molecule has 2 aliphatic rings. The minimum atomic E-state index is -1.27. The number of para-hydroxylation sites is 1. The van der Waals surface area contributed by atoms with Gasteiger partial charge in [-0.3, -0.25) is 33.6 Å². The summed E-state index contributed by atoms with van der Waals surface area (Å²) in [6.07, 6.45) is 3.96. The second-order valence-electron chi connectivity index (χ2n) is 17.2. The van der Waals surface area contributed by atoms with Crippen molar-refractivity contribution in [2.24, 2.45) is 10.8 Å². The van der Waals surface area contributed by atoms with Crippen molar-refractivity contribution in [2.75, 3.05) is 37.7 Å². The molecule has 0 radical (unpaired) electrons. The molecule has 1 atom stereocenters. The fourth-order valence-corrected chi connectivity index (χ4v) is 6.88. The number of hydrogen-bond acceptors (Lipinski definition) is 10. The second kappa shape index (κ2) is 21.9. The Kier molecular flexibility index (Phi) is 16.5. The van der Waals surface area contributed by atoms with Gasteiger partial charge in [0.25, 0.3) is 11.8 Å². The Labute approximate surface area is 367 Å². The van der Waals surface area contributed by atoms with Crippen LogP contribution in [-0.4, -0.2) is 91.3 Å². The van der Waals surface area contributed by atoms with Gasteiger partial charge in [-0.15, -0.1) is 5.06 Å². The van der Waals surface area contributed by atoms with Gasteiger partial charge in [-0.2, -0.15) is 0 Å². The molecule has 4 N–H and O–H groups in total. The molecule has 63 heavy (non-hydrogen) atoms. The predicted octanol–water partition coefficient (Wildman–Crippen LogP) is 3.63. The lowest BCUT2D eigenvalue weighted by molar-refractivity contribution is -0.199. The standard InChI is InChI=1S/C47H56N6O10/c1-46(2,25-39(55)48-26-40(56)49-27-41(57)51-36(24-32-12-6-5-7-13-32)45(61)63-53-43(59)22-23-44(53)60)30-62-31-47(3,4)29-50-38(54)20-21-42(58)52-28-35-16-9-8-14-33(35)18-19-34-15-10-11-17-37(34)52/h5-19,36H,20-31H2,1-4H3,(H,48,55)(H,49,56)(H,50,54)(H,51,57)/b19-18-/t36-/m0/s1. The van der Waals surface area contributed by atoms with Crippen LogP contribution in [0.15, 0.2) is 78.9 Å². The monoisotopic (exact) mass is 864 g/mol. The highest BCUT2D eigenvalue weighted by Crippen LogP contribution is 2.29. The summed E-state index contributed by atoms with van der Waals surface area (Å²) in [5, 5.41) is 10.7. The van der Waals surface area contributed by atoms with Gasteiger partial charge in [0.1, 0.15) is 6.04 Å². The molecular weight excluding hydrogens is 809 g/mol. The third-order valence-corrected chi connectivity index (χ3v) is 10.3. The second-order valence-corrected chi connectivity index (χ2v) is 17.2. The molecule has 0 spiro atoms. The number of amides is 7. The third kappa shape index (κ3) is 14.7. The summed E-state index contributed by atoms with van der Waals surface area (Å²) in [6.45, 7) is 7.81. The Balaban J connectivity index is 0.984. The van der Waals surface area contributed by atoms with Crippen molar-refractivity contribution in [3.8, 4) is 0 Å². The van der Waals surface area contributed by atoms with Gasteiger partial charge in [-0.05, 0) is 33.7 Å². The lowest BCUT2D eigenvalue weighted by atomic mass is 9.89. The van der Waals surface area contributed by atoms with Crippen molar-refractivity contribution >= 4 is 65.2 Å². The molecule has 0 aliphatic carbocycles. The zero-order valence-corrected chi connectivity index (χ0v) is 36.2. The molecule has 7 amide bonds. The highest BCUT2D eigenvalue weighted by atomic mass is 16.7. The number of fused-ring (bicyclic) bond motifs is 2. The van der Waals surface area contributed by atoms with Crippen LogP contribution in [0.2, 0.25) is 0 Å². The van der Waals surface area contributed by atoms with Gasteiger partial charge in [0.15, 0.2) is 0 Å². The van der Waals surface area contributed by atoms with Crippen molar-refractivity contribution in [3.63, 3.8) is 0 Å². The van der Waals surface area contributed by atoms with Crippen LogP contribution in [-0.2, 0) is 60.9 Å². The number of carbonyl (C=O) groups is 8. The van der Waals surface area contributed by atoms with Gasteiger partial charge in [-0.25, -0.2) is 4.79 Å². The molecule has 1 fully saturated rings. The number of hydroxylamine groups is 2. The third-order valence-electron chi connectivity index (χ3n) is 10.3. The maximum absolute atomic E-state index is 13.5. The van der Waals surface area contributed by atoms with Crippen molar-refractivity contribution in [3.05, 3.63) is 101 Å². The number of carbonyl (C=O) groups excluding carboxylic acids is 8. The topological polar surface area (TPSA) is 210 Å². The highest BCUT2D eigenvalue weighted by molar-refractivity contribution is 6.02. The first-order valence-electron chi connectivity index (χ1n) is 20.9. The van der Waals surface area contributed by atoms with E-state index in [4.69, 9.17) is 9.57 Å². The minimum absolute atomic E-state index is 0.00680. The fraction of sp³-hybridized carbons (Fsp3) is 0.404. The summed E-state index contributed by atoms with van der Waals surface area (Å²) in [5.41, 5.74) is 3.36. The first-order valence-corrected chi connectivity index (χ1v) is 20.9. The molecule has 0 saturated carbocycles. The lowest BCUT2D eigenvalue weighted by Crippen LogP contribution is -2.50. The maximum Gasteiger partial charge on any atom is 0.355 e. The van der Waals surface area contributed by atoms with E-state index in [9.17, 15) is 38.4 Å². The van der Waals surface area contributed by atoms with Crippen molar-refractivity contribution < 1.29 is 47.9 Å². The average molecular weight is 865 g/mol. The number of anilines is 1. The number of imide groups is 1. The molecular formula is C47H56N6O10. The summed E-state index contributed by atoms with van der Waals surface area (Å²) >= 11 is 0. The minimum Gasteiger partial charge on any atom is -0.380 e. The van der Waals surface area contributed by atoms with Gasteiger partial charge in [-0.1, -0.05) is 113 Å². The van der Waals surface area contributed by atoms with Gasteiger partial charge in [0, 0.05) is 50.5 Å². The first kappa shape index (κ1) is 47.4. The number of nitrogens with zero attached hydrogens (tertiary/aromatic N) is 2. The van der Waals surface area contributed by atoms with E-state index < -0.39 is 65.5 Å². The summed E-state index contributed by atoms with van der Waals surface area (Å²) in [7, 11) is 0. The van der Waals surface area contributed by atoms with Crippen LogP contribution in [0.4, 0.5) is 5.69 Å². The van der Waals surface area contributed by atoms with Crippen molar-refractivity contribution in [1.82, 2.24) is 26.3 Å². The van der Waals surface area contributed by atoms with Gasteiger partial charge >= 0.3 is 5.97 Å². The van der Waals surface area contributed by atoms with E-state index in [1.54, 1.807) is 35.2 Å². The van der Waals surface area contributed by atoms with Gasteiger partial charge in [0.2, 0.25) is 29.5 Å². The van der Waals surface area contributed by atoms with E-state index in [-0.39, 0.29) is 63.6 Å². The first-order chi connectivity index (χ1) is 30.0. The Morgan fingerprint density at radius 3 is 2.00 bits per heavy atom. The van der Waals surface area contributed by atoms with Crippen molar-refractivity contribution in [2.45, 2.75) is 78.8 Å². The molecule has 0 aromatic heterocycles. The highest BCUT2D eigenvalue weighted by Gasteiger charge is 2.35. The summed E-state index contributed by atoms with van der Waals surface area (Å²) in [4.78, 5) is 108. The smallest absolute Gasteiger partial charge is 0.355 e. The quantitative estimate of drug-likeness (QED) is 0.121. The number of ether oxygens (including phenoxy) is 1. The number of hydrogen-bond donors (Lipinski definition) is 4. The van der Waals surface area contributed by atoms with Crippen LogP contribution in [0.25, 0.3) is 12.2 Å². The molecule has 16 nitrogen and oxygen atoms in total. The van der Waals surface area contributed by atoms with Crippen molar-refractivity contribution in [1.29, 1.82) is 0 Å². The SMILES string of the molecule is CC(C)(CNC(=O)CCC(=O)N1Cc2ccccc2/C=C\c2ccccc21)COCC(C)(C)CC(=O)NCC(=O)NCC(=O)N[C@@H](Cc1ccccc1)C(=O)ON1C(=O)CCC1=O. The predicted molar refractivity (Wildman–Crippen MR) is 234 cm³/mol. The van der Waals surface area contributed by atoms with E-state index in [1.165, 1.54) is 0 Å². The van der Waals surface area contributed by atoms with Crippen LogP contribution in [0.5, 0.6) is 0 Å². The van der Waals surface area contributed by atoms with Crippen LogP contribution >= 0.6 is 0 Å². The number of nitrogens with one attached hydrogen (secondary N) is 4. The molecule has 3 aromatic rings. The summed E-state index contributed by atoms with van der Waals surface area (Å²) < 4.78 is 5.99. The Hall–Kier alpha value is -6.68.